The summed E-state index contributed by atoms with van der Waals surface area (Å²) in [4.78, 5) is 22.8. The van der Waals surface area contributed by atoms with Crippen LogP contribution in [0.25, 0.3) is 10.2 Å². The summed E-state index contributed by atoms with van der Waals surface area (Å²) in [5.41, 5.74) is 3.70. The Kier molecular flexibility index (Phi) is 12.2. The van der Waals surface area contributed by atoms with Gasteiger partial charge in [0.05, 0.1) is 15.1 Å². The first-order valence-electron chi connectivity index (χ1n) is 13.2. The van der Waals surface area contributed by atoms with Gasteiger partial charge < -0.3 is 4.90 Å². The van der Waals surface area contributed by atoms with Crippen LogP contribution in [0.1, 0.15) is 62.0 Å². The fourth-order valence-corrected chi connectivity index (χ4v) is 6.97. The van der Waals surface area contributed by atoms with Crippen LogP contribution in [0, 0.1) is 13.8 Å². The van der Waals surface area contributed by atoms with Crippen molar-refractivity contribution in [2.24, 2.45) is 0 Å². The third-order valence-corrected chi connectivity index (χ3v) is 9.64. The van der Waals surface area contributed by atoms with E-state index in [1.54, 1.807) is 29.2 Å². The van der Waals surface area contributed by atoms with Gasteiger partial charge in [0.2, 0.25) is 10.0 Å². The molecule has 0 N–H and O–H groups in total. The molecule has 0 fully saturated rings. The fourth-order valence-electron chi connectivity index (χ4n) is 4.27. The summed E-state index contributed by atoms with van der Waals surface area (Å²) >= 11 is 1.51. The van der Waals surface area contributed by atoms with Gasteiger partial charge in [-0.3, -0.25) is 9.69 Å². The number of thiazole rings is 1. The summed E-state index contributed by atoms with van der Waals surface area (Å²) in [5.74, 6) is -0.178. The summed E-state index contributed by atoms with van der Waals surface area (Å²) in [7, 11) is -3.60. The second kappa shape index (κ2) is 14.4. The zero-order valence-electron chi connectivity index (χ0n) is 23.4. The number of rotatable bonds is 13. The number of aryl methyl sites for hydroxylation is 2. The number of carbonyl (C=O) groups excluding carboxylic acids is 1. The molecule has 0 aliphatic carbocycles. The summed E-state index contributed by atoms with van der Waals surface area (Å²) in [5, 5.41) is 0.658. The molecule has 38 heavy (non-hydrogen) atoms. The van der Waals surface area contributed by atoms with Gasteiger partial charge in [0.1, 0.15) is 0 Å². The molecule has 0 unspecified atom stereocenters. The molecule has 0 spiro atoms. The summed E-state index contributed by atoms with van der Waals surface area (Å²) in [6.45, 7) is 16.3. The van der Waals surface area contributed by atoms with E-state index in [2.05, 4.69) is 44.7 Å². The number of nitrogens with zero attached hydrogens (tertiary/aromatic N) is 4. The van der Waals surface area contributed by atoms with Crippen LogP contribution in [0.2, 0.25) is 0 Å². The lowest BCUT2D eigenvalue weighted by atomic mass is 10.1. The predicted molar refractivity (Wildman–Crippen MR) is 162 cm³/mol. The van der Waals surface area contributed by atoms with Crippen molar-refractivity contribution in [2.75, 3.05) is 44.2 Å². The maximum atomic E-state index is 13.8. The van der Waals surface area contributed by atoms with Gasteiger partial charge in [0.25, 0.3) is 5.91 Å². The molecule has 0 radical (unpaired) electrons. The van der Waals surface area contributed by atoms with Gasteiger partial charge in [-0.15, -0.1) is 12.4 Å². The van der Waals surface area contributed by atoms with Gasteiger partial charge in [0, 0.05) is 31.7 Å². The van der Waals surface area contributed by atoms with Crippen molar-refractivity contribution in [3.05, 3.63) is 53.1 Å². The van der Waals surface area contributed by atoms with Crippen molar-refractivity contribution in [3.8, 4) is 0 Å². The second-order valence-electron chi connectivity index (χ2n) is 9.31. The Labute approximate surface area is 238 Å². The first kappa shape index (κ1) is 32.2. The van der Waals surface area contributed by atoms with Crippen LogP contribution in [-0.4, -0.2) is 67.8 Å². The van der Waals surface area contributed by atoms with Gasteiger partial charge in [-0.25, -0.2) is 13.4 Å². The number of benzene rings is 2. The monoisotopic (exact) mass is 580 g/mol. The number of halogens is 1. The quantitative estimate of drug-likeness (QED) is 0.243. The topological polar surface area (TPSA) is 73.8 Å². The molecule has 0 atom stereocenters. The van der Waals surface area contributed by atoms with E-state index in [-0.39, 0.29) is 23.2 Å². The van der Waals surface area contributed by atoms with Crippen molar-refractivity contribution in [3.63, 3.8) is 0 Å². The molecule has 1 amide bonds. The molecule has 1 aromatic heterocycles. The molecule has 0 saturated heterocycles. The van der Waals surface area contributed by atoms with Crippen LogP contribution >= 0.6 is 23.7 Å². The van der Waals surface area contributed by atoms with Crippen LogP contribution in [0.4, 0.5) is 5.13 Å². The third-order valence-electron chi connectivity index (χ3n) is 6.69. The molecule has 2 aromatic carbocycles. The molecule has 210 valence electrons. The zero-order chi connectivity index (χ0) is 27.2. The van der Waals surface area contributed by atoms with E-state index in [9.17, 15) is 13.2 Å². The average Bonchev–Trinajstić information content (AvgIpc) is 3.28. The lowest BCUT2D eigenvalue weighted by Gasteiger charge is -2.25. The predicted octanol–water partition coefficient (Wildman–Crippen LogP) is 6.13. The summed E-state index contributed by atoms with van der Waals surface area (Å²) in [6, 6.07) is 10.5. The number of carbonyl (C=O) groups is 1. The minimum atomic E-state index is -3.60. The lowest BCUT2D eigenvalue weighted by Crippen LogP contribution is -2.39. The molecular formula is C28H41ClN4O3S2. The van der Waals surface area contributed by atoms with Gasteiger partial charge in [-0.1, -0.05) is 39.0 Å². The molecule has 0 bridgehead atoms. The minimum Gasteiger partial charge on any atom is -0.302 e. The number of aromatic nitrogens is 1. The van der Waals surface area contributed by atoms with Crippen molar-refractivity contribution >= 4 is 55.0 Å². The fraction of sp³-hybridized carbons (Fsp3) is 0.500. The zero-order valence-corrected chi connectivity index (χ0v) is 25.8. The maximum Gasteiger partial charge on any atom is 0.260 e. The van der Waals surface area contributed by atoms with E-state index in [1.807, 2.05) is 13.8 Å². The van der Waals surface area contributed by atoms with E-state index < -0.39 is 10.0 Å². The van der Waals surface area contributed by atoms with Crippen molar-refractivity contribution < 1.29 is 13.2 Å². The SMILES string of the molecule is CCCN(CCC)S(=O)(=O)c1ccc(C(=O)N(CCN(CC)CC)c2nc3cc(C)c(C)cc3s2)cc1.Cl. The number of fused-ring (bicyclic) bond motifs is 1. The Morgan fingerprint density at radius 3 is 2.00 bits per heavy atom. The maximum absolute atomic E-state index is 13.8. The first-order chi connectivity index (χ1) is 17.7. The number of sulfonamides is 1. The first-order valence-corrected chi connectivity index (χ1v) is 15.4. The van der Waals surface area contributed by atoms with E-state index >= 15 is 0 Å². The van der Waals surface area contributed by atoms with Gasteiger partial charge in [0.15, 0.2) is 5.13 Å². The third kappa shape index (κ3) is 7.33. The summed E-state index contributed by atoms with van der Waals surface area (Å²) < 4.78 is 28.9. The number of likely N-dealkylation sites (N-methyl/N-ethyl adjacent to an activating group) is 1. The smallest absolute Gasteiger partial charge is 0.260 e. The molecule has 0 aliphatic rings. The average molecular weight is 581 g/mol. The standard InChI is InChI=1S/C28H40N4O3S2.ClH/c1-7-15-31(16-8-2)37(34,35)24-13-11-23(12-14-24)27(33)32(18-17-30(9-3)10-4)28-29-25-19-21(5)22(6)20-26(25)36-28;/h11-14,19-20H,7-10,15-18H2,1-6H3;1H. The number of hydrogen-bond donors (Lipinski definition) is 0. The van der Waals surface area contributed by atoms with Gasteiger partial charge in [-0.2, -0.15) is 4.31 Å². The van der Waals surface area contributed by atoms with Crippen molar-refractivity contribution in [1.82, 2.24) is 14.2 Å². The molecule has 7 nitrogen and oxygen atoms in total. The van der Waals surface area contributed by atoms with E-state index in [1.165, 1.54) is 26.8 Å². The molecular weight excluding hydrogens is 540 g/mol. The molecule has 0 aliphatic heterocycles. The van der Waals surface area contributed by atoms with Crippen LogP contribution in [0.15, 0.2) is 41.3 Å². The Bertz CT molecular complexity index is 1260. The number of amides is 1. The van der Waals surface area contributed by atoms with Crippen LogP contribution in [0.5, 0.6) is 0 Å². The lowest BCUT2D eigenvalue weighted by molar-refractivity contribution is 0.0983. The highest BCUT2D eigenvalue weighted by Gasteiger charge is 2.25. The van der Waals surface area contributed by atoms with E-state index in [0.717, 1.165) is 42.7 Å². The van der Waals surface area contributed by atoms with E-state index in [4.69, 9.17) is 4.98 Å². The second-order valence-corrected chi connectivity index (χ2v) is 12.3. The highest BCUT2D eigenvalue weighted by molar-refractivity contribution is 7.89. The molecule has 10 heteroatoms. The van der Waals surface area contributed by atoms with Gasteiger partial charge >= 0.3 is 0 Å². The molecule has 1 heterocycles. The minimum absolute atomic E-state index is 0. The molecule has 3 aromatic rings. The van der Waals surface area contributed by atoms with Crippen molar-refractivity contribution in [1.29, 1.82) is 0 Å². The highest BCUT2D eigenvalue weighted by Crippen LogP contribution is 2.32. The summed E-state index contributed by atoms with van der Waals surface area (Å²) in [6.07, 6.45) is 1.50. The van der Waals surface area contributed by atoms with Crippen LogP contribution < -0.4 is 4.90 Å². The Morgan fingerprint density at radius 2 is 1.45 bits per heavy atom. The largest absolute Gasteiger partial charge is 0.302 e. The van der Waals surface area contributed by atoms with E-state index in [0.29, 0.717) is 30.3 Å². The normalized spacial score (nSPS) is 11.8. The number of anilines is 1. The molecule has 0 saturated carbocycles. The Hall–Kier alpha value is -2.04. The number of hydrogen-bond acceptors (Lipinski definition) is 6. The highest BCUT2D eigenvalue weighted by atomic mass is 35.5. The molecule has 3 rings (SSSR count). The van der Waals surface area contributed by atoms with Crippen LogP contribution in [-0.2, 0) is 10.0 Å². The Morgan fingerprint density at radius 1 is 0.868 bits per heavy atom. The van der Waals surface area contributed by atoms with Crippen LogP contribution in [0.3, 0.4) is 0 Å². The van der Waals surface area contributed by atoms with Gasteiger partial charge in [-0.05, 0) is 87.3 Å². The van der Waals surface area contributed by atoms with Crippen molar-refractivity contribution in [2.45, 2.75) is 59.3 Å². The Balaban J connectivity index is 0.00000507.